The molecule has 2 amide bonds. The van der Waals surface area contributed by atoms with Gasteiger partial charge < -0.3 is 10.2 Å². The maximum absolute atomic E-state index is 13.0. The van der Waals surface area contributed by atoms with Gasteiger partial charge in [-0.1, -0.05) is 45.8 Å². The van der Waals surface area contributed by atoms with Crippen molar-refractivity contribution in [2.24, 2.45) is 0 Å². The Balaban J connectivity index is 1.49. The Kier molecular flexibility index (Phi) is 5.49. The molecule has 3 aromatic carbocycles. The van der Waals surface area contributed by atoms with Crippen LogP contribution >= 0.6 is 15.9 Å². The van der Waals surface area contributed by atoms with Crippen molar-refractivity contribution in [3.05, 3.63) is 99.0 Å². The number of rotatable bonds is 4. The Morgan fingerprint density at radius 1 is 1.00 bits per heavy atom. The van der Waals surface area contributed by atoms with Gasteiger partial charge in [-0.15, -0.1) is 0 Å². The Bertz CT molecular complexity index is 1080. The molecule has 146 valence electrons. The van der Waals surface area contributed by atoms with E-state index in [0.29, 0.717) is 24.2 Å². The summed E-state index contributed by atoms with van der Waals surface area (Å²) in [6.45, 7) is 3.08. The van der Waals surface area contributed by atoms with Crippen molar-refractivity contribution in [3.63, 3.8) is 0 Å². The smallest absolute Gasteiger partial charge is 0.258 e. The topological polar surface area (TPSA) is 49.4 Å². The number of aryl methyl sites for hydroxylation is 1. The molecule has 1 heterocycles. The monoisotopic (exact) mass is 448 g/mol. The highest BCUT2D eigenvalue weighted by atomic mass is 79.9. The lowest BCUT2D eigenvalue weighted by molar-refractivity contribution is 0.0949. The molecule has 0 atom stereocenters. The van der Waals surface area contributed by atoms with Crippen LogP contribution in [0.4, 0.5) is 5.69 Å². The van der Waals surface area contributed by atoms with Gasteiger partial charge in [0.25, 0.3) is 11.8 Å². The van der Waals surface area contributed by atoms with Crippen LogP contribution in [0.2, 0.25) is 0 Å². The van der Waals surface area contributed by atoms with Gasteiger partial charge in [-0.3, -0.25) is 9.59 Å². The van der Waals surface area contributed by atoms with E-state index < -0.39 is 0 Å². The van der Waals surface area contributed by atoms with E-state index in [1.54, 1.807) is 12.1 Å². The Hall–Kier alpha value is -2.92. The van der Waals surface area contributed by atoms with E-state index in [1.165, 1.54) is 0 Å². The molecule has 0 unspecified atom stereocenters. The minimum Gasteiger partial charge on any atom is -0.348 e. The van der Waals surface area contributed by atoms with Gasteiger partial charge in [-0.25, -0.2) is 0 Å². The van der Waals surface area contributed by atoms with Crippen LogP contribution in [0.1, 0.15) is 37.4 Å². The van der Waals surface area contributed by atoms with Gasteiger partial charge in [0.1, 0.15) is 0 Å². The number of benzene rings is 3. The van der Waals surface area contributed by atoms with Gasteiger partial charge in [0.2, 0.25) is 0 Å². The number of carbonyl (C=O) groups excluding carboxylic acids is 2. The van der Waals surface area contributed by atoms with Gasteiger partial charge in [-0.2, -0.15) is 0 Å². The highest BCUT2D eigenvalue weighted by Crippen LogP contribution is 2.30. The molecule has 0 fully saturated rings. The number of amides is 2. The van der Waals surface area contributed by atoms with Gasteiger partial charge in [0.15, 0.2) is 0 Å². The quantitative estimate of drug-likeness (QED) is 0.617. The molecule has 5 heteroatoms. The van der Waals surface area contributed by atoms with E-state index in [-0.39, 0.29) is 11.8 Å². The number of nitrogens with zero attached hydrogens (tertiary/aromatic N) is 1. The lowest BCUT2D eigenvalue weighted by Gasteiger charge is -2.18. The van der Waals surface area contributed by atoms with Crippen molar-refractivity contribution in [1.29, 1.82) is 0 Å². The molecule has 3 aromatic rings. The zero-order valence-corrected chi connectivity index (χ0v) is 17.7. The summed E-state index contributed by atoms with van der Waals surface area (Å²) < 4.78 is 0.936. The second kappa shape index (κ2) is 8.21. The van der Waals surface area contributed by atoms with E-state index in [2.05, 4.69) is 27.3 Å². The Morgan fingerprint density at radius 3 is 2.55 bits per heavy atom. The molecule has 0 bridgehead atoms. The van der Waals surface area contributed by atoms with Crippen molar-refractivity contribution < 1.29 is 9.59 Å². The first-order valence-corrected chi connectivity index (χ1v) is 10.3. The molecule has 0 saturated heterocycles. The molecule has 29 heavy (non-hydrogen) atoms. The van der Waals surface area contributed by atoms with E-state index in [9.17, 15) is 9.59 Å². The summed E-state index contributed by atoms with van der Waals surface area (Å²) in [4.78, 5) is 27.2. The summed E-state index contributed by atoms with van der Waals surface area (Å²) in [7, 11) is 0. The van der Waals surface area contributed by atoms with Crippen molar-refractivity contribution >= 4 is 33.4 Å². The lowest BCUT2D eigenvalue weighted by atomic mass is 10.1. The third-order valence-corrected chi connectivity index (χ3v) is 5.64. The molecule has 0 saturated carbocycles. The fraction of sp³-hybridized carbons (Fsp3) is 0.167. The molecule has 1 aliphatic heterocycles. The first-order chi connectivity index (χ1) is 14.0. The molecule has 0 spiro atoms. The van der Waals surface area contributed by atoms with Crippen LogP contribution in [-0.4, -0.2) is 18.4 Å². The number of hydrogen-bond acceptors (Lipinski definition) is 2. The van der Waals surface area contributed by atoms with E-state index in [1.807, 2.05) is 60.4 Å². The Labute approximate surface area is 178 Å². The number of carbonyl (C=O) groups is 2. The first-order valence-electron chi connectivity index (χ1n) is 9.55. The molecule has 0 radical (unpaired) electrons. The van der Waals surface area contributed by atoms with Gasteiger partial charge in [0.05, 0.1) is 0 Å². The van der Waals surface area contributed by atoms with Crippen LogP contribution < -0.4 is 10.2 Å². The maximum Gasteiger partial charge on any atom is 0.258 e. The van der Waals surface area contributed by atoms with Crippen molar-refractivity contribution in [1.82, 2.24) is 5.32 Å². The third-order valence-electron chi connectivity index (χ3n) is 5.11. The van der Waals surface area contributed by atoms with Crippen molar-refractivity contribution in [3.8, 4) is 0 Å². The van der Waals surface area contributed by atoms with E-state index in [0.717, 1.165) is 33.3 Å². The highest BCUT2D eigenvalue weighted by Gasteiger charge is 2.25. The molecule has 4 rings (SSSR count). The highest BCUT2D eigenvalue weighted by molar-refractivity contribution is 9.10. The number of anilines is 1. The average molecular weight is 449 g/mol. The fourth-order valence-electron chi connectivity index (χ4n) is 3.57. The molecule has 1 N–H and O–H groups in total. The summed E-state index contributed by atoms with van der Waals surface area (Å²) in [5.41, 5.74) is 5.45. The SMILES string of the molecule is Cc1cccc(C(=O)N2CCc3ccc(CNC(=O)c4ccc(Br)cc4)cc32)c1. The van der Waals surface area contributed by atoms with E-state index in [4.69, 9.17) is 0 Å². The van der Waals surface area contributed by atoms with Gasteiger partial charge in [0, 0.05) is 34.4 Å². The molecule has 0 aliphatic carbocycles. The second-order valence-electron chi connectivity index (χ2n) is 7.23. The lowest BCUT2D eigenvalue weighted by Crippen LogP contribution is -2.29. The van der Waals surface area contributed by atoms with Crippen LogP contribution in [0.3, 0.4) is 0 Å². The predicted octanol–water partition coefficient (Wildman–Crippen LogP) is 4.89. The summed E-state index contributed by atoms with van der Waals surface area (Å²) in [5.74, 6) is -0.103. The number of nitrogens with one attached hydrogen (secondary N) is 1. The number of fused-ring (bicyclic) bond motifs is 1. The minimum absolute atomic E-state index is 0.0171. The van der Waals surface area contributed by atoms with Crippen LogP contribution in [0, 0.1) is 6.92 Å². The van der Waals surface area contributed by atoms with Gasteiger partial charge >= 0.3 is 0 Å². The third kappa shape index (κ3) is 4.25. The molecule has 4 nitrogen and oxygen atoms in total. The summed E-state index contributed by atoms with van der Waals surface area (Å²) in [6.07, 6.45) is 0.846. The minimum atomic E-state index is -0.120. The van der Waals surface area contributed by atoms with Crippen molar-refractivity contribution in [2.45, 2.75) is 19.9 Å². The molecular weight excluding hydrogens is 428 g/mol. The summed E-state index contributed by atoms with van der Waals surface area (Å²) in [5, 5.41) is 2.95. The van der Waals surface area contributed by atoms with Crippen LogP contribution in [-0.2, 0) is 13.0 Å². The summed E-state index contributed by atoms with van der Waals surface area (Å²) >= 11 is 3.37. The van der Waals surface area contributed by atoms with Crippen LogP contribution in [0.25, 0.3) is 0 Å². The number of halogens is 1. The molecular formula is C24H21BrN2O2. The van der Waals surface area contributed by atoms with Crippen LogP contribution in [0.5, 0.6) is 0 Å². The average Bonchev–Trinajstić information content (AvgIpc) is 3.15. The fourth-order valence-corrected chi connectivity index (χ4v) is 3.83. The standard InChI is InChI=1S/C24H21BrN2O2/c1-16-3-2-4-20(13-16)24(29)27-12-11-18-6-5-17(14-22(18)27)15-26-23(28)19-7-9-21(25)10-8-19/h2-10,13-14H,11-12,15H2,1H3,(H,26,28). The molecule has 1 aliphatic rings. The first kappa shape index (κ1) is 19.4. The zero-order valence-electron chi connectivity index (χ0n) is 16.1. The number of hydrogen-bond donors (Lipinski definition) is 1. The van der Waals surface area contributed by atoms with Crippen molar-refractivity contribution in [2.75, 3.05) is 11.4 Å². The molecule has 0 aromatic heterocycles. The summed E-state index contributed by atoms with van der Waals surface area (Å²) in [6, 6.07) is 21.0. The maximum atomic E-state index is 13.0. The van der Waals surface area contributed by atoms with Crippen LogP contribution in [0.15, 0.2) is 71.2 Å². The zero-order chi connectivity index (χ0) is 20.4. The van der Waals surface area contributed by atoms with Gasteiger partial charge in [-0.05, 0) is 66.9 Å². The normalized spacial score (nSPS) is 12.6. The second-order valence-corrected chi connectivity index (χ2v) is 8.14. The largest absolute Gasteiger partial charge is 0.348 e. The van der Waals surface area contributed by atoms with E-state index >= 15 is 0 Å². The Morgan fingerprint density at radius 2 is 1.79 bits per heavy atom. The predicted molar refractivity (Wildman–Crippen MR) is 118 cm³/mol.